The van der Waals surface area contributed by atoms with Gasteiger partial charge in [0, 0.05) is 11.1 Å². The third-order valence-corrected chi connectivity index (χ3v) is 6.34. The number of hydrogen-bond acceptors (Lipinski definition) is 5. The Kier molecular flexibility index (Phi) is 4.92. The van der Waals surface area contributed by atoms with Crippen molar-refractivity contribution >= 4 is 37.3 Å². The number of aromatic nitrogens is 1. The van der Waals surface area contributed by atoms with E-state index < -0.39 is 10.0 Å². The van der Waals surface area contributed by atoms with Crippen molar-refractivity contribution in [3.63, 3.8) is 0 Å². The number of aryl methyl sites for hydroxylation is 1. The van der Waals surface area contributed by atoms with Crippen molar-refractivity contribution in [2.75, 3.05) is 0 Å². The molecule has 0 aliphatic carbocycles. The molecule has 2 rings (SSSR count). The minimum atomic E-state index is -3.63. The van der Waals surface area contributed by atoms with E-state index >= 15 is 0 Å². The lowest BCUT2D eigenvalue weighted by atomic mass is 10.2. The molecule has 0 spiro atoms. The van der Waals surface area contributed by atoms with E-state index in [1.807, 2.05) is 13.0 Å². The number of sulfonamides is 1. The van der Waals surface area contributed by atoms with Crippen LogP contribution in [0, 0.1) is 6.92 Å². The van der Waals surface area contributed by atoms with Crippen molar-refractivity contribution in [3.8, 4) is 0 Å². The molecular formula is C12H13BrN2O3S2. The smallest absolute Gasteiger partial charge is 0.242 e. The second-order valence-corrected chi connectivity index (χ2v) is 8.29. The molecular weight excluding hydrogens is 364 g/mol. The summed E-state index contributed by atoms with van der Waals surface area (Å²) in [6.07, 6.45) is 1.63. The molecule has 0 saturated heterocycles. The van der Waals surface area contributed by atoms with E-state index in [4.69, 9.17) is 5.11 Å². The highest BCUT2D eigenvalue weighted by Crippen LogP contribution is 2.31. The van der Waals surface area contributed by atoms with E-state index in [-0.39, 0.29) is 18.0 Å². The number of aliphatic hydroxyl groups excluding tert-OH is 1. The number of aliphatic hydroxyl groups is 1. The average Bonchev–Trinajstić information content (AvgIpc) is 2.80. The first-order valence-corrected chi connectivity index (χ1v) is 8.82. The summed E-state index contributed by atoms with van der Waals surface area (Å²) in [6.45, 7) is 1.82. The first-order chi connectivity index (χ1) is 9.44. The predicted molar refractivity (Wildman–Crippen MR) is 80.9 cm³/mol. The number of hydrogen-bond donors (Lipinski definition) is 2. The Bertz CT molecular complexity index is 713. The van der Waals surface area contributed by atoms with Gasteiger partial charge in [-0.25, -0.2) is 13.1 Å². The van der Waals surface area contributed by atoms with Crippen LogP contribution < -0.4 is 4.72 Å². The fraction of sp³-hybridized carbons (Fsp3) is 0.250. The minimum absolute atomic E-state index is 0.131. The third kappa shape index (κ3) is 3.44. The van der Waals surface area contributed by atoms with E-state index in [1.165, 1.54) is 17.4 Å². The number of halogens is 1. The topological polar surface area (TPSA) is 79.3 Å². The molecule has 0 radical (unpaired) electrons. The van der Waals surface area contributed by atoms with E-state index in [0.717, 1.165) is 5.56 Å². The van der Waals surface area contributed by atoms with Gasteiger partial charge in [0.15, 0.2) is 0 Å². The van der Waals surface area contributed by atoms with Crippen LogP contribution in [-0.4, -0.2) is 18.5 Å². The molecule has 0 aromatic carbocycles. The highest BCUT2D eigenvalue weighted by Gasteiger charge is 2.20. The summed E-state index contributed by atoms with van der Waals surface area (Å²) in [6, 6.07) is 5.14. The monoisotopic (exact) mass is 376 g/mol. The molecule has 2 heterocycles. The van der Waals surface area contributed by atoms with Crippen LogP contribution in [0.3, 0.4) is 0 Å². The van der Waals surface area contributed by atoms with Gasteiger partial charge in [-0.15, -0.1) is 11.3 Å². The fourth-order valence-electron chi connectivity index (χ4n) is 1.60. The summed E-state index contributed by atoms with van der Waals surface area (Å²) < 4.78 is 27.4. The van der Waals surface area contributed by atoms with Crippen molar-refractivity contribution in [1.82, 2.24) is 9.71 Å². The van der Waals surface area contributed by atoms with Crippen molar-refractivity contribution in [3.05, 3.63) is 44.3 Å². The zero-order valence-electron chi connectivity index (χ0n) is 10.6. The van der Waals surface area contributed by atoms with Crippen LogP contribution >= 0.6 is 27.3 Å². The Morgan fingerprint density at radius 2 is 2.25 bits per heavy atom. The second kappa shape index (κ2) is 6.31. The highest BCUT2D eigenvalue weighted by molar-refractivity contribution is 9.11. The van der Waals surface area contributed by atoms with Gasteiger partial charge in [0.05, 0.1) is 22.6 Å². The van der Waals surface area contributed by atoms with E-state index in [2.05, 4.69) is 25.6 Å². The van der Waals surface area contributed by atoms with Crippen LogP contribution in [0.2, 0.25) is 0 Å². The summed E-state index contributed by atoms with van der Waals surface area (Å²) >= 11 is 4.40. The molecule has 0 aliphatic heterocycles. The Hall–Kier alpha value is -0.800. The van der Waals surface area contributed by atoms with Gasteiger partial charge in [-0.05, 0) is 40.5 Å². The molecule has 0 bridgehead atoms. The van der Waals surface area contributed by atoms with Crippen molar-refractivity contribution < 1.29 is 13.5 Å². The molecule has 0 saturated carbocycles. The van der Waals surface area contributed by atoms with Crippen LogP contribution in [-0.2, 0) is 23.2 Å². The molecule has 5 nitrogen and oxygen atoms in total. The summed E-state index contributed by atoms with van der Waals surface area (Å²) in [5.41, 5.74) is 1.61. The number of nitrogens with zero attached hydrogens (tertiary/aromatic N) is 1. The zero-order chi connectivity index (χ0) is 14.8. The SMILES string of the molecule is Cc1cccnc1CNS(=O)(=O)c1cc(CO)sc1Br. The Morgan fingerprint density at radius 1 is 1.50 bits per heavy atom. The molecule has 2 aromatic heterocycles. The highest BCUT2D eigenvalue weighted by atomic mass is 79.9. The maximum atomic E-state index is 12.2. The first-order valence-electron chi connectivity index (χ1n) is 5.73. The van der Waals surface area contributed by atoms with Gasteiger partial charge in [0.25, 0.3) is 0 Å². The predicted octanol–water partition coefficient (Wildman–Crippen LogP) is 2.18. The van der Waals surface area contributed by atoms with E-state index in [0.29, 0.717) is 14.4 Å². The molecule has 0 atom stereocenters. The van der Waals surface area contributed by atoms with Gasteiger partial charge in [0.2, 0.25) is 10.0 Å². The maximum absolute atomic E-state index is 12.2. The molecule has 8 heteroatoms. The van der Waals surface area contributed by atoms with Crippen LogP contribution in [0.4, 0.5) is 0 Å². The molecule has 2 N–H and O–H groups in total. The van der Waals surface area contributed by atoms with Crippen LogP contribution in [0.15, 0.2) is 33.1 Å². The molecule has 108 valence electrons. The summed E-state index contributed by atoms with van der Waals surface area (Å²) in [5, 5.41) is 9.05. The normalized spacial score (nSPS) is 11.8. The van der Waals surface area contributed by atoms with E-state index in [9.17, 15) is 8.42 Å². The van der Waals surface area contributed by atoms with Crippen molar-refractivity contribution in [1.29, 1.82) is 0 Å². The molecule has 0 aliphatic rings. The molecule has 0 amide bonds. The molecule has 2 aromatic rings. The summed E-state index contributed by atoms with van der Waals surface area (Å²) in [7, 11) is -3.63. The quantitative estimate of drug-likeness (QED) is 0.837. The third-order valence-electron chi connectivity index (χ3n) is 2.70. The Labute approximate surface area is 129 Å². The van der Waals surface area contributed by atoms with Gasteiger partial charge < -0.3 is 5.11 Å². The van der Waals surface area contributed by atoms with Gasteiger partial charge >= 0.3 is 0 Å². The van der Waals surface area contributed by atoms with Gasteiger partial charge in [-0.1, -0.05) is 6.07 Å². The van der Waals surface area contributed by atoms with Crippen LogP contribution in [0.25, 0.3) is 0 Å². The van der Waals surface area contributed by atoms with Crippen LogP contribution in [0.5, 0.6) is 0 Å². The second-order valence-electron chi connectivity index (χ2n) is 4.10. The van der Waals surface area contributed by atoms with Gasteiger partial charge in [-0.2, -0.15) is 0 Å². The lowest BCUT2D eigenvalue weighted by molar-refractivity contribution is 0.285. The lowest BCUT2D eigenvalue weighted by Crippen LogP contribution is -2.24. The van der Waals surface area contributed by atoms with Crippen molar-refractivity contribution in [2.45, 2.75) is 25.0 Å². The Morgan fingerprint density at radius 3 is 2.85 bits per heavy atom. The fourth-order valence-corrected chi connectivity index (χ4v) is 5.13. The standard InChI is InChI=1S/C12H13BrN2O3S2/c1-8-3-2-4-14-10(8)6-15-20(17,18)11-5-9(7-16)19-12(11)13/h2-5,15-16H,6-7H2,1H3. The lowest BCUT2D eigenvalue weighted by Gasteiger charge is -2.07. The Balaban J connectivity index is 2.19. The number of rotatable bonds is 5. The van der Waals surface area contributed by atoms with Crippen LogP contribution in [0.1, 0.15) is 16.1 Å². The zero-order valence-corrected chi connectivity index (χ0v) is 13.8. The summed E-state index contributed by atoms with van der Waals surface area (Å²) in [4.78, 5) is 4.87. The van der Waals surface area contributed by atoms with E-state index in [1.54, 1.807) is 12.3 Å². The number of nitrogens with one attached hydrogen (secondary N) is 1. The summed E-state index contributed by atoms with van der Waals surface area (Å²) in [5.74, 6) is 0. The van der Waals surface area contributed by atoms with Gasteiger partial charge in [0.1, 0.15) is 4.90 Å². The number of pyridine rings is 1. The largest absolute Gasteiger partial charge is 0.391 e. The maximum Gasteiger partial charge on any atom is 0.242 e. The minimum Gasteiger partial charge on any atom is -0.391 e. The molecule has 0 unspecified atom stereocenters. The average molecular weight is 377 g/mol. The number of thiophene rings is 1. The van der Waals surface area contributed by atoms with Gasteiger partial charge in [-0.3, -0.25) is 4.98 Å². The van der Waals surface area contributed by atoms with Crippen molar-refractivity contribution in [2.24, 2.45) is 0 Å². The molecule has 20 heavy (non-hydrogen) atoms. The first kappa shape index (κ1) is 15.6. The molecule has 0 fully saturated rings.